The van der Waals surface area contributed by atoms with Crippen molar-refractivity contribution in [3.63, 3.8) is 0 Å². The molecule has 164 valence electrons. The predicted octanol–water partition coefficient (Wildman–Crippen LogP) is 3.56. The molecular formula is C21H36BNO6. The van der Waals surface area contributed by atoms with Gasteiger partial charge in [-0.3, -0.25) is 0 Å². The van der Waals surface area contributed by atoms with Gasteiger partial charge >= 0.3 is 19.2 Å². The van der Waals surface area contributed by atoms with Crippen LogP contribution in [0.15, 0.2) is 0 Å². The fourth-order valence-electron chi connectivity index (χ4n) is 5.41. The van der Waals surface area contributed by atoms with Gasteiger partial charge in [-0.15, -0.1) is 0 Å². The Balaban J connectivity index is 1.50. The summed E-state index contributed by atoms with van der Waals surface area (Å²) in [5.41, 5.74) is -0.535. The van der Waals surface area contributed by atoms with E-state index in [9.17, 15) is 9.59 Å². The van der Waals surface area contributed by atoms with E-state index in [2.05, 4.69) is 26.1 Å². The normalized spacial score (nSPS) is 33.3. The summed E-state index contributed by atoms with van der Waals surface area (Å²) in [6, 6.07) is -0.749. The Morgan fingerprint density at radius 3 is 2.52 bits per heavy atom. The first-order valence-electron chi connectivity index (χ1n) is 10.8. The molecule has 0 radical (unpaired) electrons. The first kappa shape index (κ1) is 22.4. The largest absolute Gasteiger partial charge is 0.467 e. The van der Waals surface area contributed by atoms with Crippen LogP contribution in [0.1, 0.15) is 67.2 Å². The molecule has 0 aromatic carbocycles. The van der Waals surface area contributed by atoms with E-state index in [-0.39, 0.29) is 18.8 Å². The first-order valence-corrected chi connectivity index (χ1v) is 10.8. The molecule has 5 atom stereocenters. The number of hydrogen-bond acceptors (Lipinski definition) is 6. The van der Waals surface area contributed by atoms with Crippen LogP contribution in [0, 0.1) is 17.3 Å². The molecule has 7 nitrogen and oxygen atoms in total. The lowest BCUT2D eigenvalue weighted by atomic mass is 9.43. The molecule has 4 fully saturated rings. The highest BCUT2D eigenvalue weighted by Gasteiger charge is 2.67. The summed E-state index contributed by atoms with van der Waals surface area (Å²) in [7, 11) is 1.05. The van der Waals surface area contributed by atoms with Gasteiger partial charge in [0.2, 0.25) is 0 Å². The standard InChI is InChI=1S/C21H36BNO6/c1-19(2,3)27-18(25)23-14(17(24)26-7)9-8-10-22-28-16-12-13-11-15(20(13,4)5)21(16,6)29-22/h13-16H,8-12H2,1-7H3,(H,23,25)/t13-,14-,15-,16+,21-/m0/s1. The van der Waals surface area contributed by atoms with Gasteiger partial charge in [0.05, 0.1) is 18.8 Å². The van der Waals surface area contributed by atoms with Gasteiger partial charge < -0.3 is 24.1 Å². The SMILES string of the molecule is COC(=O)[C@H](CCCB1O[C@@H]2C[C@@H]3C[C@@H](C3(C)C)[C@]2(C)O1)NC(=O)OC(C)(C)C. The van der Waals surface area contributed by atoms with E-state index in [1.165, 1.54) is 13.5 Å². The van der Waals surface area contributed by atoms with Crippen LogP contribution >= 0.6 is 0 Å². The molecule has 3 aliphatic carbocycles. The van der Waals surface area contributed by atoms with Crippen LogP contribution in [0.4, 0.5) is 4.79 Å². The molecule has 0 unspecified atom stereocenters. The lowest BCUT2D eigenvalue weighted by Crippen LogP contribution is -2.65. The molecular weight excluding hydrogens is 373 g/mol. The Bertz CT molecular complexity index is 648. The molecule has 1 aliphatic heterocycles. The summed E-state index contributed by atoms with van der Waals surface area (Å²) >= 11 is 0. The van der Waals surface area contributed by atoms with Crippen LogP contribution in [0.25, 0.3) is 0 Å². The number of methoxy groups -OCH3 is 1. The van der Waals surface area contributed by atoms with E-state index >= 15 is 0 Å². The Labute approximate surface area is 174 Å². The number of carbonyl (C=O) groups excluding carboxylic acids is 2. The number of rotatable bonds is 6. The van der Waals surface area contributed by atoms with Gasteiger partial charge in [-0.25, -0.2) is 9.59 Å². The van der Waals surface area contributed by atoms with Crippen LogP contribution in [0.3, 0.4) is 0 Å². The highest BCUT2D eigenvalue weighted by atomic mass is 16.7. The number of hydrogen-bond donors (Lipinski definition) is 1. The molecule has 3 saturated carbocycles. The molecule has 0 aromatic rings. The predicted molar refractivity (Wildman–Crippen MR) is 109 cm³/mol. The molecule has 29 heavy (non-hydrogen) atoms. The van der Waals surface area contributed by atoms with Gasteiger partial charge in [0.25, 0.3) is 0 Å². The van der Waals surface area contributed by atoms with Crippen LogP contribution in [-0.2, 0) is 23.6 Å². The van der Waals surface area contributed by atoms with Crippen molar-refractivity contribution < 1.29 is 28.4 Å². The van der Waals surface area contributed by atoms with E-state index < -0.39 is 23.7 Å². The van der Waals surface area contributed by atoms with Crippen molar-refractivity contribution in [2.24, 2.45) is 17.3 Å². The summed E-state index contributed by atoms with van der Waals surface area (Å²) < 4.78 is 22.7. The zero-order chi connectivity index (χ0) is 21.6. The highest BCUT2D eigenvalue weighted by molar-refractivity contribution is 6.45. The maximum absolute atomic E-state index is 12.1. The van der Waals surface area contributed by atoms with Gasteiger partial charge in [0, 0.05) is 0 Å². The lowest BCUT2D eigenvalue weighted by molar-refractivity contribution is -0.199. The minimum Gasteiger partial charge on any atom is -0.467 e. The second kappa shape index (κ2) is 7.76. The number of esters is 1. The molecule has 1 N–H and O–H groups in total. The van der Waals surface area contributed by atoms with E-state index in [0.717, 1.165) is 12.3 Å². The third-order valence-electron chi connectivity index (χ3n) is 7.11. The van der Waals surface area contributed by atoms with Crippen LogP contribution in [-0.4, -0.2) is 49.6 Å². The van der Waals surface area contributed by atoms with Gasteiger partial charge in [-0.2, -0.15) is 0 Å². The van der Waals surface area contributed by atoms with Crippen molar-refractivity contribution in [3.05, 3.63) is 0 Å². The van der Waals surface area contributed by atoms with E-state index in [4.69, 9.17) is 18.8 Å². The summed E-state index contributed by atoms with van der Waals surface area (Å²) in [5.74, 6) is 0.766. The summed E-state index contributed by atoms with van der Waals surface area (Å²) in [4.78, 5) is 24.1. The minimum absolute atomic E-state index is 0.153. The quantitative estimate of drug-likeness (QED) is 0.534. The third kappa shape index (κ3) is 4.43. The Morgan fingerprint density at radius 2 is 1.93 bits per heavy atom. The molecule has 4 rings (SSSR count). The van der Waals surface area contributed by atoms with E-state index in [1.54, 1.807) is 20.8 Å². The van der Waals surface area contributed by atoms with Crippen molar-refractivity contribution in [1.29, 1.82) is 0 Å². The maximum Gasteiger partial charge on any atom is 0.457 e. The van der Waals surface area contributed by atoms with Crippen molar-refractivity contribution >= 4 is 19.2 Å². The van der Waals surface area contributed by atoms with Crippen LogP contribution < -0.4 is 5.32 Å². The minimum atomic E-state index is -0.749. The number of carbonyl (C=O) groups is 2. The Kier molecular flexibility index (Phi) is 6.00. The van der Waals surface area contributed by atoms with Crippen molar-refractivity contribution in [2.75, 3.05) is 7.11 Å². The average molecular weight is 409 g/mol. The topological polar surface area (TPSA) is 83.1 Å². The van der Waals surface area contributed by atoms with Crippen molar-refractivity contribution in [2.45, 2.75) is 96.9 Å². The van der Waals surface area contributed by atoms with Gasteiger partial charge in [-0.1, -0.05) is 20.3 Å². The molecule has 0 aromatic heterocycles. The number of nitrogens with one attached hydrogen (secondary N) is 1. The third-order valence-corrected chi connectivity index (χ3v) is 7.11. The van der Waals surface area contributed by atoms with Gasteiger partial charge in [0.15, 0.2) is 0 Å². The zero-order valence-corrected chi connectivity index (χ0v) is 18.9. The van der Waals surface area contributed by atoms with Crippen molar-refractivity contribution in [3.8, 4) is 0 Å². The molecule has 8 heteroatoms. The molecule has 0 spiro atoms. The Morgan fingerprint density at radius 1 is 1.24 bits per heavy atom. The second-order valence-corrected chi connectivity index (χ2v) is 10.6. The zero-order valence-electron chi connectivity index (χ0n) is 18.9. The maximum atomic E-state index is 12.1. The van der Waals surface area contributed by atoms with Gasteiger partial charge in [-0.05, 0) is 70.5 Å². The molecule has 1 saturated heterocycles. The summed E-state index contributed by atoms with van der Waals surface area (Å²) in [6.07, 6.45) is 3.59. The fourth-order valence-corrected chi connectivity index (χ4v) is 5.41. The molecule has 1 amide bonds. The molecule has 2 bridgehead atoms. The van der Waals surface area contributed by atoms with Crippen molar-refractivity contribution in [1.82, 2.24) is 5.32 Å². The highest BCUT2D eigenvalue weighted by Crippen LogP contribution is 2.65. The monoisotopic (exact) mass is 409 g/mol. The van der Waals surface area contributed by atoms with Crippen LogP contribution in [0.5, 0.6) is 0 Å². The van der Waals surface area contributed by atoms with E-state index in [1.807, 2.05) is 0 Å². The van der Waals surface area contributed by atoms with E-state index in [0.29, 0.717) is 30.5 Å². The summed E-state index contributed by atoms with van der Waals surface area (Å²) in [5, 5.41) is 2.61. The first-order chi connectivity index (χ1) is 13.4. The molecule has 4 aliphatic rings. The summed E-state index contributed by atoms with van der Waals surface area (Å²) in [6.45, 7) is 12.2. The second-order valence-electron chi connectivity index (χ2n) is 10.6. The number of alkyl carbamates (subject to hydrolysis) is 1. The smallest absolute Gasteiger partial charge is 0.457 e. The molecule has 1 heterocycles. The Hall–Kier alpha value is -1.28. The van der Waals surface area contributed by atoms with Gasteiger partial charge in [0.1, 0.15) is 11.6 Å². The number of amides is 1. The number of ether oxygens (including phenoxy) is 2. The lowest BCUT2D eigenvalue weighted by Gasteiger charge is -2.64. The van der Waals surface area contributed by atoms with Crippen LogP contribution in [0.2, 0.25) is 6.32 Å². The average Bonchev–Trinajstić information content (AvgIpc) is 2.94. The fraction of sp³-hybridized carbons (Fsp3) is 0.905.